The number of rotatable bonds is 1. The van der Waals surface area contributed by atoms with Crippen molar-refractivity contribution >= 4 is 18.4 Å². The summed E-state index contributed by atoms with van der Waals surface area (Å²) in [5.41, 5.74) is 0.528. The topological polar surface area (TPSA) is 44.4 Å². The van der Waals surface area contributed by atoms with Crippen LogP contribution in [0.2, 0.25) is 0 Å². The minimum atomic E-state index is 0. The van der Waals surface area contributed by atoms with Crippen LogP contribution in [0.3, 0.4) is 0 Å². The highest BCUT2D eigenvalue weighted by molar-refractivity contribution is 5.85. The van der Waals surface area contributed by atoms with Crippen LogP contribution < -0.4 is 10.6 Å². The van der Waals surface area contributed by atoms with Crippen molar-refractivity contribution in [3.63, 3.8) is 0 Å². The zero-order valence-corrected chi connectivity index (χ0v) is 12.3. The summed E-state index contributed by atoms with van der Waals surface area (Å²) in [4.78, 5) is 13.9. The van der Waals surface area contributed by atoms with Crippen LogP contribution in [0.1, 0.15) is 39.5 Å². The molecule has 2 aliphatic rings. The first-order chi connectivity index (χ1) is 8.11. The highest BCUT2D eigenvalue weighted by Gasteiger charge is 2.36. The first-order valence-corrected chi connectivity index (χ1v) is 6.87. The molecule has 0 unspecified atom stereocenters. The van der Waals surface area contributed by atoms with Gasteiger partial charge in [-0.2, -0.15) is 0 Å². The summed E-state index contributed by atoms with van der Waals surface area (Å²) < 4.78 is 0. The van der Waals surface area contributed by atoms with Gasteiger partial charge in [-0.25, -0.2) is 4.79 Å². The molecule has 2 aliphatic heterocycles. The molecule has 4 nitrogen and oxygen atoms in total. The second-order valence-electron chi connectivity index (χ2n) is 5.84. The monoisotopic (exact) mass is 275 g/mol. The third-order valence-electron chi connectivity index (χ3n) is 4.19. The van der Waals surface area contributed by atoms with Gasteiger partial charge in [-0.15, -0.1) is 12.4 Å². The summed E-state index contributed by atoms with van der Waals surface area (Å²) in [7, 11) is 0. The van der Waals surface area contributed by atoms with Gasteiger partial charge in [0.2, 0.25) is 0 Å². The van der Waals surface area contributed by atoms with Gasteiger partial charge < -0.3 is 15.5 Å². The lowest BCUT2D eigenvalue weighted by molar-refractivity contribution is 0.0869. The molecule has 0 saturated carbocycles. The molecule has 0 bridgehead atoms. The Kier molecular flexibility index (Phi) is 5.73. The summed E-state index contributed by atoms with van der Waals surface area (Å²) in [5.74, 6) is 0. The van der Waals surface area contributed by atoms with Crippen LogP contribution in [0.25, 0.3) is 0 Å². The predicted molar refractivity (Wildman–Crippen MR) is 76.3 cm³/mol. The number of amides is 2. The molecule has 0 radical (unpaired) electrons. The lowest BCUT2D eigenvalue weighted by Gasteiger charge is -2.44. The molecule has 106 valence electrons. The molecule has 5 heteroatoms. The van der Waals surface area contributed by atoms with Crippen LogP contribution in [-0.2, 0) is 0 Å². The number of hydrogen-bond donors (Lipinski definition) is 2. The maximum Gasteiger partial charge on any atom is 0.317 e. The van der Waals surface area contributed by atoms with Crippen LogP contribution in [0.15, 0.2) is 0 Å². The lowest BCUT2D eigenvalue weighted by atomic mass is 9.72. The summed E-state index contributed by atoms with van der Waals surface area (Å²) in [6.45, 7) is 8.18. The minimum Gasteiger partial charge on any atom is -0.336 e. The quantitative estimate of drug-likeness (QED) is 0.769. The highest BCUT2D eigenvalue weighted by atomic mass is 35.5. The zero-order chi connectivity index (χ0) is 12.3. The fourth-order valence-corrected chi connectivity index (χ4v) is 2.98. The van der Waals surface area contributed by atoms with Crippen molar-refractivity contribution in [2.24, 2.45) is 5.41 Å². The molecule has 0 aromatic carbocycles. The van der Waals surface area contributed by atoms with Crippen LogP contribution in [0.5, 0.6) is 0 Å². The average molecular weight is 276 g/mol. The molecule has 2 heterocycles. The third kappa shape index (κ3) is 3.75. The van der Waals surface area contributed by atoms with Crippen LogP contribution in [0.4, 0.5) is 4.79 Å². The first kappa shape index (κ1) is 15.6. The van der Waals surface area contributed by atoms with Crippen LogP contribution >= 0.6 is 12.4 Å². The van der Waals surface area contributed by atoms with E-state index in [1.165, 1.54) is 25.7 Å². The SMILES string of the molecule is CC(C)NC(=O)N1CCC2(CCNCC2)CC1.Cl. The Morgan fingerprint density at radius 1 is 1.17 bits per heavy atom. The molecule has 0 aliphatic carbocycles. The average Bonchev–Trinajstić information content (AvgIpc) is 2.30. The minimum absolute atomic E-state index is 0. The van der Waals surface area contributed by atoms with Gasteiger partial charge in [0.25, 0.3) is 0 Å². The second kappa shape index (κ2) is 6.62. The standard InChI is InChI=1S/C13H25N3O.ClH/c1-11(2)15-12(17)16-9-5-13(6-10-16)3-7-14-8-4-13;/h11,14H,3-10H2,1-2H3,(H,15,17);1H. The molecular weight excluding hydrogens is 250 g/mol. The third-order valence-corrected chi connectivity index (χ3v) is 4.19. The lowest BCUT2D eigenvalue weighted by Crippen LogP contribution is -2.50. The molecule has 2 rings (SSSR count). The van der Waals surface area contributed by atoms with Crippen molar-refractivity contribution in [1.29, 1.82) is 0 Å². The maximum absolute atomic E-state index is 11.9. The van der Waals surface area contributed by atoms with E-state index >= 15 is 0 Å². The Balaban J connectivity index is 0.00000162. The summed E-state index contributed by atoms with van der Waals surface area (Å²) in [5, 5.41) is 6.40. The Morgan fingerprint density at radius 2 is 1.72 bits per heavy atom. The fourth-order valence-electron chi connectivity index (χ4n) is 2.98. The first-order valence-electron chi connectivity index (χ1n) is 6.87. The van der Waals surface area contributed by atoms with Crippen molar-refractivity contribution in [1.82, 2.24) is 15.5 Å². The number of piperidine rings is 2. The Morgan fingerprint density at radius 3 is 2.22 bits per heavy atom. The van der Waals surface area contributed by atoms with Crippen molar-refractivity contribution in [2.45, 2.75) is 45.6 Å². The second-order valence-corrected chi connectivity index (χ2v) is 5.84. The van der Waals surface area contributed by atoms with Crippen LogP contribution in [-0.4, -0.2) is 43.2 Å². The predicted octanol–water partition coefficient (Wildman–Crippen LogP) is 1.99. The van der Waals surface area contributed by atoms with Gasteiger partial charge in [-0.1, -0.05) is 0 Å². The smallest absolute Gasteiger partial charge is 0.317 e. The van der Waals surface area contributed by atoms with Gasteiger partial charge in [0.05, 0.1) is 0 Å². The number of likely N-dealkylation sites (tertiary alicyclic amines) is 1. The van der Waals surface area contributed by atoms with Crippen molar-refractivity contribution in [3.8, 4) is 0 Å². The van der Waals surface area contributed by atoms with E-state index < -0.39 is 0 Å². The van der Waals surface area contributed by atoms with Gasteiger partial charge in [0.1, 0.15) is 0 Å². The Hall–Kier alpha value is -0.480. The molecule has 2 fully saturated rings. The summed E-state index contributed by atoms with van der Waals surface area (Å²) in [6, 6.07) is 0.348. The maximum atomic E-state index is 11.9. The molecule has 1 spiro atoms. The van der Waals surface area contributed by atoms with E-state index in [2.05, 4.69) is 10.6 Å². The van der Waals surface area contributed by atoms with E-state index in [4.69, 9.17) is 0 Å². The van der Waals surface area contributed by atoms with Crippen molar-refractivity contribution in [3.05, 3.63) is 0 Å². The van der Waals surface area contributed by atoms with Crippen molar-refractivity contribution in [2.75, 3.05) is 26.2 Å². The van der Waals surface area contributed by atoms with Crippen LogP contribution in [0, 0.1) is 5.41 Å². The van der Waals surface area contributed by atoms with Gasteiger partial charge in [-0.3, -0.25) is 0 Å². The number of urea groups is 1. The molecule has 2 saturated heterocycles. The molecule has 2 amide bonds. The molecular formula is C13H26ClN3O. The molecule has 2 N–H and O–H groups in total. The van der Waals surface area contributed by atoms with E-state index in [0.29, 0.717) is 5.41 Å². The van der Waals surface area contributed by atoms with E-state index in [1.54, 1.807) is 0 Å². The van der Waals surface area contributed by atoms with Gasteiger partial charge >= 0.3 is 6.03 Å². The number of nitrogens with zero attached hydrogens (tertiary/aromatic N) is 1. The van der Waals surface area contributed by atoms with Gasteiger partial charge in [0.15, 0.2) is 0 Å². The summed E-state index contributed by atoms with van der Waals surface area (Å²) >= 11 is 0. The number of hydrogen-bond acceptors (Lipinski definition) is 2. The Labute approximate surface area is 116 Å². The Bertz CT molecular complexity index is 267. The van der Waals surface area contributed by atoms with Gasteiger partial charge in [-0.05, 0) is 58.0 Å². The zero-order valence-electron chi connectivity index (χ0n) is 11.5. The van der Waals surface area contributed by atoms with E-state index in [1.807, 2.05) is 18.7 Å². The number of carbonyl (C=O) groups excluding carboxylic acids is 1. The van der Waals surface area contributed by atoms with Crippen molar-refractivity contribution < 1.29 is 4.79 Å². The largest absolute Gasteiger partial charge is 0.336 e. The fraction of sp³-hybridized carbons (Fsp3) is 0.923. The van der Waals surface area contributed by atoms with Gasteiger partial charge in [0, 0.05) is 19.1 Å². The number of halogens is 1. The normalized spacial score (nSPS) is 22.7. The number of carbonyl (C=O) groups is 1. The molecule has 0 atom stereocenters. The van der Waals surface area contributed by atoms with E-state index in [0.717, 1.165) is 26.2 Å². The number of nitrogens with one attached hydrogen (secondary N) is 2. The summed E-state index contributed by atoms with van der Waals surface area (Å²) in [6.07, 6.45) is 4.93. The molecule has 0 aromatic heterocycles. The van der Waals surface area contributed by atoms with E-state index in [-0.39, 0.29) is 24.5 Å². The highest BCUT2D eigenvalue weighted by Crippen LogP contribution is 2.39. The molecule has 0 aromatic rings. The van der Waals surface area contributed by atoms with E-state index in [9.17, 15) is 4.79 Å². The molecule has 18 heavy (non-hydrogen) atoms.